The van der Waals surface area contributed by atoms with Crippen molar-refractivity contribution in [2.75, 3.05) is 63.7 Å². The molecule has 0 bridgehead atoms. The predicted molar refractivity (Wildman–Crippen MR) is 191 cm³/mol. The van der Waals surface area contributed by atoms with E-state index in [9.17, 15) is 22.8 Å². The van der Waals surface area contributed by atoms with Crippen molar-refractivity contribution in [1.29, 1.82) is 0 Å². The van der Waals surface area contributed by atoms with Crippen LogP contribution in [0.1, 0.15) is 36.2 Å². The summed E-state index contributed by atoms with van der Waals surface area (Å²) in [5, 5.41) is 4.65. The Labute approximate surface area is 309 Å². The number of nitrogens with one attached hydrogen (secondary N) is 2. The highest BCUT2D eigenvalue weighted by atomic mass is 19.4. The van der Waals surface area contributed by atoms with Crippen LogP contribution in [0.4, 0.5) is 33.7 Å². The molecule has 2 N–H and O–H groups in total. The molecule has 1 aliphatic heterocycles. The number of aryl methyl sites for hydroxylation is 1. The van der Waals surface area contributed by atoms with Crippen molar-refractivity contribution in [2.45, 2.75) is 40.1 Å². The Hall–Kier alpha value is -5.55. The maximum atomic E-state index is 15.2. The maximum absolute atomic E-state index is 15.2. The number of pyridine rings is 1. The molecule has 13 nitrogen and oxygen atoms in total. The SMILES string of the molecule is CCOC(=O)CN1CCN(Cc2cc(F)c(NC(=O)Nc3cnc(-c4cnc(OCc5ccc(OC)cc5)c(OCC)c4)nc3C)cc2C(F)(F)F)CC1. The zero-order valence-electron chi connectivity index (χ0n) is 30.3. The molecule has 0 unspecified atom stereocenters. The lowest BCUT2D eigenvalue weighted by Gasteiger charge is -2.34. The van der Waals surface area contributed by atoms with Crippen molar-refractivity contribution in [2.24, 2.45) is 0 Å². The summed E-state index contributed by atoms with van der Waals surface area (Å²) in [5.74, 6) is 0.203. The Morgan fingerprint density at radius 1 is 0.889 bits per heavy atom. The number of benzene rings is 2. The summed E-state index contributed by atoms with van der Waals surface area (Å²) >= 11 is 0. The monoisotopic (exact) mass is 755 g/mol. The molecule has 0 radical (unpaired) electrons. The van der Waals surface area contributed by atoms with E-state index in [0.717, 1.165) is 17.4 Å². The van der Waals surface area contributed by atoms with Gasteiger partial charge in [0.1, 0.15) is 18.2 Å². The first-order valence-corrected chi connectivity index (χ1v) is 17.2. The third-order valence-corrected chi connectivity index (χ3v) is 8.40. The number of amides is 2. The average molecular weight is 756 g/mol. The van der Waals surface area contributed by atoms with E-state index in [1.54, 1.807) is 31.9 Å². The van der Waals surface area contributed by atoms with Crippen LogP contribution >= 0.6 is 0 Å². The van der Waals surface area contributed by atoms with Crippen molar-refractivity contribution in [3.05, 3.63) is 83.1 Å². The van der Waals surface area contributed by atoms with Crippen LogP contribution in [0.3, 0.4) is 0 Å². The normalized spacial score (nSPS) is 13.6. The largest absolute Gasteiger partial charge is 0.497 e. The molecule has 0 saturated carbocycles. The third kappa shape index (κ3) is 10.5. The highest BCUT2D eigenvalue weighted by Crippen LogP contribution is 2.36. The number of ether oxygens (including phenoxy) is 4. The molecule has 2 amide bonds. The topological polar surface area (TPSA) is 140 Å². The first kappa shape index (κ1) is 39.7. The van der Waals surface area contributed by atoms with Gasteiger partial charge in [0.2, 0.25) is 0 Å². The van der Waals surface area contributed by atoms with Crippen LogP contribution in [0.5, 0.6) is 17.4 Å². The van der Waals surface area contributed by atoms with E-state index in [4.69, 9.17) is 18.9 Å². The van der Waals surface area contributed by atoms with Gasteiger partial charge in [-0.3, -0.25) is 14.6 Å². The molecule has 0 spiro atoms. The second-order valence-electron chi connectivity index (χ2n) is 12.2. The van der Waals surface area contributed by atoms with E-state index >= 15 is 4.39 Å². The van der Waals surface area contributed by atoms with E-state index in [2.05, 4.69) is 25.6 Å². The second-order valence-corrected chi connectivity index (χ2v) is 12.2. The van der Waals surface area contributed by atoms with Crippen LogP contribution in [-0.4, -0.2) is 89.8 Å². The first-order valence-electron chi connectivity index (χ1n) is 17.2. The van der Waals surface area contributed by atoms with Gasteiger partial charge in [0.15, 0.2) is 11.6 Å². The van der Waals surface area contributed by atoms with E-state index in [-0.39, 0.29) is 55.2 Å². The number of anilines is 2. The van der Waals surface area contributed by atoms with Gasteiger partial charge in [0, 0.05) is 44.5 Å². The van der Waals surface area contributed by atoms with Gasteiger partial charge < -0.3 is 29.6 Å². The fraction of sp³-hybridized carbons (Fsp3) is 0.378. The molecular weight excluding hydrogens is 714 g/mol. The molecular formula is C37H41F4N7O6. The fourth-order valence-corrected chi connectivity index (χ4v) is 5.64. The summed E-state index contributed by atoms with van der Waals surface area (Å²) in [6.07, 6.45) is -1.99. The molecule has 1 fully saturated rings. The summed E-state index contributed by atoms with van der Waals surface area (Å²) in [5.41, 5.74) is -0.147. The number of hydrogen-bond donors (Lipinski definition) is 2. The Morgan fingerprint density at radius 2 is 1.59 bits per heavy atom. The Balaban J connectivity index is 1.23. The molecule has 5 rings (SSSR count). The quantitative estimate of drug-likeness (QED) is 0.111. The van der Waals surface area contributed by atoms with Gasteiger partial charge in [0.05, 0.1) is 55.7 Å². The number of alkyl halides is 3. The van der Waals surface area contributed by atoms with Crippen LogP contribution in [0, 0.1) is 12.7 Å². The number of nitrogens with zero attached hydrogens (tertiary/aromatic N) is 5. The molecule has 1 saturated heterocycles. The number of hydrogen-bond acceptors (Lipinski definition) is 11. The zero-order chi connectivity index (χ0) is 38.8. The highest BCUT2D eigenvalue weighted by Gasteiger charge is 2.35. The lowest BCUT2D eigenvalue weighted by molar-refractivity contribution is -0.145. The van der Waals surface area contributed by atoms with Crippen LogP contribution in [-0.2, 0) is 28.9 Å². The Bertz CT molecular complexity index is 1920. The lowest BCUT2D eigenvalue weighted by Crippen LogP contribution is -2.47. The molecule has 4 aromatic rings. The summed E-state index contributed by atoms with van der Waals surface area (Å²) in [6.45, 7) is 7.48. The maximum Gasteiger partial charge on any atom is 0.416 e. The number of halogens is 4. The van der Waals surface area contributed by atoms with Crippen molar-refractivity contribution < 1.29 is 46.1 Å². The van der Waals surface area contributed by atoms with Gasteiger partial charge in [-0.2, -0.15) is 13.2 Å². The molecule has 0 aliphatic carbocycles. The minimum absolute atomic E-state index is 0.0892. The Kier molecular flexibility index (Phi) is 13.2. The van der Waals surface area contributed by atoms with Gasteiger partial charge in [-0.05, 0) is 62.2 Å². The zero-order valence-corrected chi connectivity index (χ0v) is 30.3. The summed E-state index contributed by atoms with van der Waals surface area (Å²) in [7, 11) is 1.59. The molecule has 1 aliphatic rings. The van der Waals surface area contributed by atoms with Crippen LogP contribution < -0.4 is 24.8 Å². The van der Waals surface area contributed by atoms with Gasteiger partial charge in [-0.25, -0.2) is 24.1 Å². The molecule has 0 atom stereocenters. The van der Waals surface area contributed by atoms with Crippen LogP contribution in [0.2, 0.25) is 0 Å². The smallest absolute Gasteiger partial charge is 0.416 e. The molecule has 2 aromatic carbocycles. The van der Waals surface area contributed by atoms with Gasteiger partial charge in [-0.15, -0.1) is 0 Å². The molecule has 54 heavy (non-hydrogen) atoms. The van der Waals surface area contributed by atoms with E-state index < -0.39 is 29.3 Å². The number of esters is 1. The lowest BCUT2D eigenvalue weighted by atomic mass is 10.0. The van der Waals surface area contributed by atoms with Crippen LogP contribution in [0.25, 0.3) is 11.4 Å². The number of methoxy groups -OCH3 is 1. The van der Waals surface area contributed by atoms with Gasteiger partial charge in [0.25, 0.3) is 5.88 Å². The fourth-order valence-electron chi connectivity index (χ4n) is 5.64. The minimum atomic E-state index is -4.82. The summed E-state index contributed by atoms with van der Waals surface area (Å²) in [4.78, 5) is 41.4. The number of carbonyl (C=O) groups excluding carboxylic acids is 2. The van der Waals surface area contributed by atoms with E-state index in [0.29, 0.717) is 55.9 Å². The summed E-state index contributed by atoms with van der Waals surface area (Å²) in [6, 6.07) is 9.43. The van der Waals surface area contributed by atoms with E-state index in [1.807, 2.05) is 36.1 Å². The van der Waals surface area contributed by atoms with Crippen molar-refractivity contribution in [1.82, 2.24) is 24.8 Å². The molecule has 3 heterocycles. The number of carbonyl (C=O) groups is 2. The number of rotatable bonds is 14. The van der Waals surface area contributed by atoms with Crippen molar-refractivity contribution >= 4 is 23.4 Å². The number of urea groups is 1. The third-order valence-electron chi connectivity index (χ3n) is 8.40. The second kappa shape index (κ2) is 18.0. The summed E-state index contributed by atoms with van der Waals surface area (Å²) < 4.78 is 79.5. The number of aromatic nitrogens is 3. The first-order chi connectivity index (χ1) is 25.9. The van der Waals surface area contributed by atoms with Crippen LogP contribution in [0.15, 0.2) is 54.9 Å². The van der Waals surface area contributed by atoms with E-state index in [1.165, 1.54) is 12.4 Å². The Morgan fingerprint density at radius 3 is 2.24 bits per heavy atom. The molecule has 17 heteroatoms. The number of piperazine rings is 1. The average Bonchev–Trinajstić information content (AvgIpc) is 3.13. The molecule has 2 aromatic heterocycles. The minimum Gasteiger partial charge on any atom is -0.497 e. The predicted octanol–water partition coefficient (Wildman–Crippen LogP) is 6.32. The van der Waals surface area contributed by atoms with Gasteiger partial charge in [-0.1, -0.05) is 12.1 Å². The van der Waals surface area contributed by atoms with Crippen molar-refractivity contribution in [3.63, 3.8) is 0 Å². The molecule has 288 valence electrons. The van der Waals surface area contributed by atoms with Crippen molar-refractivity contribution in [3.8, 4) is 28.8 Å². The standard InChI is InChI=1S/C37H41F4N7O6/c1-5-52-32-16-25(18-43-35(32)54-22-24-7-9-27(51-4)10-8-24)34-42-19-31(23(3)44-34)46-36(50)45-30-17-28(37(39,40)41)26(15-29(30)38)20-47-11-13-48(14-12-47)21-33(49)53-6-2/h7-10,15-19H,5-6,11-14,20-22H2,1-4H3,(H2,45,46,50). The highest BCUT2D eigenvalue weighted by molar-refractivity contribution is 6.00. The van der Waals surface area contributed by atoms with Gasteiger partial charge >= 0.3 is 18.2 Å².